The van der Waals surface area contributed by atoms with Crippen LogP contribution in [0.5, 0.6) is 0 Å². The molecule has 0 unspecified atom stereocenters. The molecule has 0 amide bonds. The second kappa shape index (κ2) is 6.47. The van der Waals surface area contributed by atoms with Crippen molar-refractivity contribution in [3.05, 3.63) is 35.1 Å². The van der Waals surface area contributed by atoms with Gasteiger partial charge >= 0.3 is 0 Å². The molecule has 1 aromatic rings. The van der Waals surface area contributed by atoms with Crippen molar-refractivity contribution in [2.45, 2.75) is 11.3 Å². The molecule has 0 saturated carbocycles. The largest absolute Gasteiger partial charge is 0.665 e. The minimum atomic E-state index is -3.37. The number of nitrogens with zero attached hydrogens (tertiary/aromatic N) is 2. The maximum Gasteiger partial charge on any atom is 0.243 e. The van der Waals surface area contributed by atoms with Crippen molar-refractivity contribution in [1.82, 2.24) is 4.31 Å². The Morgan fingerprint density at radius 2 is 1.84 bits per heavy atom. The van der Waals surface area contributed by atoms with E-state index < -0.39 is 10.0 Å². The van der Waals surface area contributed by atoms with Gasteiger partial charge in [-0.05, 0) is 24.1 Å². The van der Waals surface area contributed by atoms with Gasteiger partial charge in [0.25, 0.3) is 0 Å². The summed E-state index contributed by atoms with van der Waals surface area (Å²) in [4.78, 5) is 0.353. The number of hydrogen-bond acceptors (Lipinski definition) is 3. The van der Waals surface area contributed by atoms with Crippen LogP contribution in [0.2, 0.25) is 0 Å². The summed E-state index contributed by atoms with van der Waals surface area (Å²) in [6, 6.07) is 7.07. The predicted molar refractivity (Wildman–Crippen MR) is 73.9 cm³/mol. The molecule has 6 heteroatoms. The van der Waals surface area contributed by atoms with Gasteiger partial charge in [0.05, 0.1) is 18.1 Å². The van der Waals surface area contributed by atoms with Crippen molar-refractivity contribution in [3.8, 4) is 0 Å². The summed E-state index contributed by atoms with van der Waals surface area (Å²) < 4.78 is 31.4. The molecule has 19 heavy (non-hydrogen) atoms. The van der Waals surface area contributed by atoms with Crippen LogP contribution in [0.1, 0.15) is 5.56 Å². The van der Waals surface area contributed by atoms with Crippen molar-refractivity contribution >= 4 is 10.0 Å². The van der Waals surface area contributed by atoms with E-state index in [2.05, 4.69) is 5.32 Å². The van der Waals surface area contributed by atoms with Crippen LogP contribution in [-0.2, 0) is 21.2 Å². The van der Waals surface area contributed by atoms with Gasteiger partial charge in [0.15, 0.2) is 0 Å². The highest BCUT2D eigenvalue weighted by Gasteiger charge is 2.25. The van der Waals surface area contributed by atoms with E-state index >= 15 is 0 Å². The van der Waals surface area contributed by atoms with Gasteiger partial charge in [0.2, 0.25) is 10.0 Å². The van der Waals surface area contributed by atoms with Crippen LogP contribution in [0.25, 0.3) is 5.32 Å². The fourth-order valence-corrected chi connectivity index (χ4v) is 3.41. The lowest BCUT2D eigenvalue weighted by Crippen LogP contribution is -2.40. The van der Waals surface area contributed by atoms with Crippen LogP contribution in [0.15, 0.2) is 29.2 Å². The van der Waals surface area contributed by atoms with Gasteiger partial charge in [-0.2, -0.15) is 11.4 Å². The van der Waals surface area contributed by atoms with Crippen LogP contribution in [0.3, 0.4) is 0 Å². The van der Waals surface area contributed by atoms with E-state index in [1.807, 2.05) is 12.1 Å². The normalized spacial score (nSPS) is 17.5. The minimum absolute atomic E-state index is 0.353. The third-order valence-corrected chi connectivity index (χ3v) is 5.07. The number of benzene rings is 1. The number of morpholine rings is 1. The van der Waals surface area contributed by atoms with Crippen LogP contribution >= 0.6 is 0 Å². The Hall–Kier alpha value is -0.950. The van der Waals surface area contributed by atoms with Gasteiger partial charge in [0.1, 0.15) is 0 Å². The Morgan fingerprint density at radius 3 is 2.42 bits per heavy atom. The molecule has 5 nitrogen and oxygen atoms in total. The summed E-state index contributed by atoms with van der Waals surface area (Å²) in [5, 5.41) is 4.04. The number of hydrogen-bond donors (Lipinski definition) is 0. The zero-order valence-corrected chi connectivity index (χ0v) is 11.9. The Kier molecular flexibility index (Phi) is 4.93. The molecule has 1 aliphatic rings. The molecule has 1 saturated heterocycles. The number of likely N-dealkylation sites (N-methyl/N-ethyl adjacent to an activating group) is 1. The second-order valence-electron chi connectivity index (χ2n) is 4.45. The van der Waals surface area contributed by atoms with Gasteiger partial charge in [0, 0.05) is 13.1 Å². The van der Waals surface area contributed by atoms with E-state index in [9.17, 15) is 8.42 Å². The molecule has 1 aromatic carbocycles. The van der Waals surface area contributed by atoms with Crippen LogP contribution in [0.4, 0.5) is 0 Å². The smallest absolute Gasteiger partial charge is 0.243 e. The summed E-state index contributed by atoms with van der Waals surface area (Å²) in [7, 11) is -1.59. The van der Waals surface area contributed by atoms with Crippen LogP contribution in [-0.4, -0.2) is 52.6 Å². The average molecular weight is 283 g/mol. The molecular weight excluding hydrogens is 264 g/mol. The van der Waals surface area contributed by atoms with E-state index in [1.54, 1.807) is 19.2 Å². The highest BCUT2D eigenvalue weighted by atomic mass is 32.2. The van der Waals surface area contributed by atoms with Crippen molar-refractivity contribution < 1.29 is 13.2 Å². The highest BCUT2D eigenvalue weighted by molar-refractivity contribution is 7.89. The van der Waals surface area contributed by atoms with E-state index in [0.29, 0.717) is 31.2 Å². The maximum absolute atomic E-state index is 12.4. The Bertz CT molecular complexity index is 493. The molecule has 0 spiro atoms. The molecule has 2 rings (SSSR count). The lowest BCUT2D eigenvalue weighted by Gasteiger charge is -2.26. The number of ether oxygens (including phenoxy) is 1. The zero-order valence-electron chi connectivity index (χ0n) is 11.1. The lowest BCUT2D eigenvalue weighted by molar-refractivity contribution is 0.0730. The summed E-state index contributed by atoms with van der Waals surface area (Å²) in [5.41, 5.74) is 1.10. The third-order valence-electron chi connectivity index (χ3n) is 3.16. The molecular formula is C13H19N2O3S-. The van der Waals surface area contributed by atoms with Crippen LogP contribution in [0, 0.1) is 0 Å². The maximum atomic E-state index is 12.4. The Labute approximate surface area is 114 Å². The summed E-state index contributed by atoms with van der Waals surface area (Å²) >= 11 is 0. The van der Waals surface area contributed by atoms with Gasteiger partial charge < -0.3 is 10.1 Å². The first-order valence-electron chi connectivity index (χ1n) is 6.37. The van der Waals surface area contributed by atoms with Crippen molar-refractivity contribution in [3.63, 3.8) is 0 Å². The quantitative estimate of drug-likeness (QED) is 0.817. The number of rotatable bonds is 5. The topological polar surface area (TPSA) is 60.7 Å². The zero-order chi connectivity index (χ0) is 13.7. The third kappa shape index (κ3) is 3.54. The summed E-state index contributed by atoms with van der Waals surface area (Å²) in [6.07, 6.45) is 0.842. The van der Waals surface area contributed by atoms with Crippen molar-refractivity contribution in [2.24, 2.45) is 0 Å². The first kappa shape index (κ1) is 14.5. The standard InChI is InChI=1S/C13H19N2O3S/c1-14-7-6-12-2-4-13(5-3-12)19(16,17)15-8-10-18-11-9-15/h2-5H,6-11H2,1H3/q-1. The molecule has 0 bridgehead atoms. The fraction of sp³-hybridized carbons (Fsp3) is 0.538. The summed E-state index contributed by atoms with van der Waals surface area (Å²) in [5.74, 6) is 0. The highest BCUT2D eigenvalue weighted by Crippen LogP contribution is 2.17. The molecule has 0 radical (unpaired) electrons. The van der Waals surface area contributed by atoms with Crippen molar-refractivity contribution in [2.75, 3.05) is 39.9 Å². The van der Waals surface area contributed by atoms with Crippen LogP contribution < -0.4 is 0 Å². The number of sulfonamides is 1. The molecule has 0 N–H and O–H groups in total. The predicted octanol–water partition coefficient (Wildman–Crippen LogP) is 1.25. The van der Waals surface area contributed by atoms with E-state index in [-0.39, 0.29) is 0 Å². The first-order chi connectivity index (χ1) is 9.14. The molecule has 1 heterocycles. The van der Waals surface area contributed by atoms with E-state index in [1.165, 1.54) is 4.31 Å². The molecule has 0 atom stereocenters. The van der Waals surface area contributed by atoms with Gasteiger partial charge in [-0.3, -0.25) is 0 Å². The molecule has 106 valence electrons. The fourth-order valence-electron chi connectivity index (χ4n) is 2.01. The molecule has 1 fully saturated rings. The van der Waals surface area contributed by atoms with Gasteiger partial charge in [-0.25, -0.2) is 8.42 Å². The monoisotopic (exact) mass is 283 g/mol. The molecule has 1 aliphatic heterocycles. The Balaban J connectivity index is 2.11. The van der Waals surface area contributed by atoms with Gasteiger partial charge in [-0.1, -0.05) is 12.1 Å². The SMILES string of the molecule is C[N-]CCc1ccc(S(=O)(=O)N2CCOCC2)cc1. The summed E-state index contributed by atoms with van der Waals surface area (Å²) in [6.45, 7) is 2.55. The minimum Gasteiger partial charge on any atom is -0.665 e. The van der Waals surface area contributed by atoms with Crippen molar-refractivity contribution in [1.29, 1.82) is 0 Å². The first-order valence-corrected chi connectivity index (χ1v) is 7.81. The average Bonchev–Trinajstić information content (AvgIpc) is 2.46. The van der Waals surface area contributed by atoms with Gasteiger partial charge in [-0.15, -0.1) is 6.54 Å². The Morgan fingerprint density at radius 1 is 1.21 bits per heavy atom. The molecule has 0 aromatic heterocycles. The molecule has 0 aliphatic carbocycles. The van der Waals surface area contributed by atoms with E-state index in [0.717, 1.165) is 18.5 Å². The lowest BCUT2D eigenvalue weighted by atomic mass is 10.1. The second-order valence-corrected chi connectivity index (χ2v) is 6.39. The van der Waals surface area contributed by atoms with E-state index in [4.69, 9.17) is 4.74 Å².